The topological polar surface area (TPSA) is 44.4 Å². The van der Waals surface area contributed by atoms with Crippen LogP contribution >= 0.6 is 0 Å². The Labute approximate surface area is 109 Å². The maximum atomic E-state index is 11.6. The average Bonchev–Trinajstić information content (AvgIpc) is 2.34. The molecule has 1 aromatic rings. The second-order valence-electron chi connectivity index (χ2n) is 4.28. The third-order valence-electron chi connectivity index (χ3n) is 2.88. The highest BCUT2D eigenvalue weighted by Gasteiger charge is 2.02. The second-order valence-corrected chi connectivity index (χ2v) is 4.28. The van der Waals surface area contributed by atoms with E-state index in [4.69, 9.17) is 0 Å². The van der Waals surface area contributed by atoms with E-state index in [1.54, 1.807) is 0 Å². The summed E-state index contributed by atoms with van der Waals surface area (Å²) in [6, 6.07) is 7.62. The molecule has 0 aromatic heterocycles. The van der Waals surface area contributed by atoms with Crippen molar-refractivity contribution in [3.63, 3.8) is 0 Å². The number of anilines is 1. The molecule has 0 spiro atoms. The molecule has 0 atom stereocenters. The van der Waals surface area contributed by atoms with Gasteiger partial charge >= 0.3 is 6.03 Å². The van der Waals surface area contributed by atoms with Crippen LogP contribution in [0.15, 0.2) is 24.3 Å². The number of aryl methyl sites for hydroxylation is 1. The molecule has 0 fully saturated rings. The van der Waals surface area contributed by atoms with Gasteiger partial charge in [0, 0.05) is 18.8 Å². The molecule has 0 radical (unpaired) electrons. The van der Waals surface area contributed by atoms with Crippen LogP contribution < -0.4 is 10.6 Å². The van der Waals surface area contributed by atoms with Crippen molar-refractivity contribution in [2.75, 3.05) is 31.5 Å². The first-order valence-corrected chi connectivity index (χ1v) is 6.49. The highest BCUT2D eigenvalue weighted by molar-refractivity contribution is 5.89. The molecule has 100 valence electrons. The molecular formula is C14H23N3O. The fourth-order valence-corrected chi connectivity index (χ4v) is 1.77. The van der Waals surface area contributed by atoms with Gasteiger partial charge in [0.15, 0.2) is 0 Å². The summed E-state index contributed by atoms with van der Waals surface area (Å²) in [5.74, 6) is 0. The summed E-state index contributed by atoms with van der Waals surface area (Å²) in [7, 11) is 0. The summed E-state index contributed by atoms with van der Waals surface area (Å²) in [5.41, 5.74) is 1.96. The number of nitrogens with one attached hydrogen (secondary N) is 2. The van der Waals surface area contributed by atoms with Gasteiger partial charge in [0.25, 0.3) is 0 Å². The van der Waals surface area contributed by atoms with E-state index in [1.165, 1.54) is 0 Å². The van der Waals surface area contributed by atoms with E-state index in [0.717, 1.165) is 30.9 Å². The number of likely N-dealkylation sites (N-methyl/N-ethyl adjacent to an activating group) is 1. The third-order valence-corrected chi connectivity index (χ3v) is 2.88. The molecule has 0 aliphatic rings. The minimum atomic E-state index is -0.146. The Morgan fingerprint density at radius 3 is 2.61 bits per heavy atom. The van der Waals surface area contributed by atoms with Gasteiger partial charge in [0.05, 0.1) is 0 Å². The molecule has 1 aromatic carbocycles. The van der Waals surface area contributed by atoms with Gasteiger partial charge in [-0.05, 0) is 37.7 Å². The van der Waals surface area contributed by atoms with Crippen LogP contribution in [0.5, 0.6) is 0 Å². The minimum absolute atomic E-state index is 0.146. The number of carbonyl (C=O) groups is 1. The lowest BCUT2D eigenvalue weighted by Crippen LogP contribution is -2.36. The number of urea groups is 1. The van der Waals surface area contributed by atoms with E-state index < -0.39 is 0 Å². The molecule has 0 unspecified atom stereocenters. The van der Waals surface area contributed by atoms with Gasteiger partial charge in [-0.25, -0.2) is 4.79 Å². The Morgan fingerprint density at radius 1 is 1.28 bits per heavy atom. The Bertz CT molecular complexity index is 375. The Morgan fingerprint density at radius 2 is 2.00 bits per heavy atom. The lowest BCUT2D eigenvalue weighted by molar-refractivity contribution is 0.248. The first kappa shape index (κ1) is 14.5. The van der Waals surface area contributed by atoms with Gasteiger partial charge in [-0.3, -0.25) is 0 Å². The predicted molar refractivity (Wildman–Crippen MR) is 76.0 cm³/mol. The van der Waals surface area contributed by atoms with Gasteiger partial charge in [0.2, 0.25) is 0 Å². The average molecular weight is 249 g/mol. The number of carbonyl (C=O) groups excluding carboxylic acids is 1. The SMILES string of the molecule is CCN(CC)CCNC(=O)Nc1cccc(C)c1. The molecule has 2 amide bonds. The van der Waals surface area contributed by atoms with E-state index >= 15 is 0 Å². The van der Waals surface area contributed by atoms with Gasteiger partial charge < -0.3 is 15.5 Å². The molecule has 0 heterocycles. The molecular weight excluding hydrogens is 226 g/mol. The van der Waals surface area contributed by atoms with Crippen LogP contribution in [0, 0.1) is 6.92 Å². The van der Waals surface area contributed by atoms with Crippen LogP contribution in [-0.4, -0.2) is 37.1 Å². The zero-order valence-electron chi connectivity index (χ0n) is 11.5. The second kappa shape index (κ2) is 7.71. The molecule has 0 saturated carbocycles. The zero-order chi connectivity index (χ0) is 13.4. The Balaban J connectivity index is 2.29. The maximum Gasteiger partial charge on any atom is 0.319 e. The van der Waals surface area contributed by atoms with Gasteiger partial charge in [-0.1, -0.05) is 26.0 Å². The van der Waals surface area contributed by atoms with Crippen LogP contribution in [0.4, 0.5) is 10.5 Å². The largest absolute Gasteiger partial charge is 0.337 e. The number of rotatable bonds is 6. The minimum Gasteiger partial charge on any atom is -0.337 e. The van der Waals surface area contributed by atoms with Crippen molar-refractivity contribution in [2.45, 2.75) is 20.8 Å². The molecule has 4 nitrogen and oxygen atoms in total. The monoisotopic (exact) mass is 249 g/mol. The van der Waals surface area contributed by atoms with Crippen molar-refractivity contribution < 1.29 is 4.79 Å². The molecule has 18 heavy (non-hydrogen) atoms. The summed E-state index contributed by atoms with van der Waals surface area (Å²) in [6.07, 6.45) is 0. The number of hydrogen-bond donors (Lipinski definition) is 2. The molecule has 4 heteroatoms. The quantitative estimate of drug-likeness (QED) is 0.813. The molecule has 0 saturated heterocycles. The lowest BCUT2D eigenvalue weighted by Gasteiger charge is -2.18. The number of hydrogen-bond acceptors (Lipinski definition) is 2. The summed E-state index contributed by atoms with van der Waals surface area (Å²) in [6.45, 7) is 9.82. The molecule has 0 aliphatic carbocycles. The van der Waals surface area contributed by atoms with Gasteiger partial charge in [0.1, 0.15) is 0 Å². The highest BCUT2D eigenvalue weighted by atomic mass is 16.2. The summed E-state index contributed by atoms with van der Waals surface area (Å²) >= 11 is 0. The van der Waals surface area contributed by atoms with Crippen molar-refractivity contribution in [3.05, 3.63) is 29.8 Å². The molecule has 2 N–H and O–H groups in total. The van der Waals surface area contributed by atoms with Crippen molar-refractivity contribution >= 4 is 11.7 Å². The van der Waals surface area contributed by atoms with E-state index in [9.17, 15) is 4.79 Å². The number of nitrogens with zero attached hydrogens (tertiary/aromatic N) is 1. The number of amides is 2. The maximum absolute atomic E-state index is 11.6. The zero-order valence-corrected chi connectivity index (χ0v) is 11.5. The molecule has 1 rings (SSSR count). The summed E-state index contributed by atoms with van der Waals surface area (Å²) in [4.78, 5) is 13.9. The lowest BCUT2D eigenvalue weighted by atomic mass is 10.2. The van der Waals surface area contributed by atoms with E-state index in [-0.39, 0.29) is 6.03 Å². The van der Waals surface area contributed by atoms with Crippen molar-refractivity contribution in [1.29, 1.82) is 0 Å². The molecule has 0 bridgehead atoms. The standard InChI is InChI=1S/C14H23N3O/c1-4-17(5-2)10-9-15-14(18)16-13-8-6-7-12(3)11-13/h6-8,11H,4-5,9-10H2,1-3H3,(H2,15,16,18). The first-order chi connectivity index (χ1) is 8.65. The van der Waals surface area contributed by atoms with Crippen LogP contribution in [0.2, 0.25) is 0 Å². The fraction of sp³-hybridized carbons (Fsp3) is 0.500. The van der Waals surface area contributed by atoms with E-state index in [0.29, 0.717) is 6.54 Å². The van der Waals surface area contributed by atoms with Crippen LogP contribution in [-0.2, 0) is 0 Å². The van der Waals surface area contributed by atoms with Crippen molar-refractivity contribution in [3.8, 4) is 0 Å². The first-order valence-electron chi connectivity index (χ1n) is 6.49. The van der Waals surface area contributed by atoms with Gasteiger partial charge in [-0.15, -0.1) is 0 Å². The fourth-order valence-electron chi connectivity index (χ4n) is 1.77. The third kappa shape index (κ3) is 5.19. The summed E-state index contributed by atoms with van der Waals surface area (Å²) < 4.78 is 0. The van der Waals surface area contributed by atoms with E-state index in [2.05, 4.69) is 29.4 Å². The van der Waals surface area contributed by atoms with Gasteiger partial charge in [-0.2, -0.15) is 0 Å². The number of benzene rings is 1. The predicted octanol–water partition coefficient (Wildman–Crippen LogP) is 2.46. The van der Waals surface area contributed by atoms with Crippen LogP contribution in [0.1, 0.15) is 19.4 Å². The summed E-state index contributed by atoms with van der Waals surface area (Å²) in [5, 5.41) is 5.68. The van der Waals surface area contributed by atoms with Crippen molar-refractivity contribution in [2.24, 2.45) is 0 Å². The van der Waals surface area contributed by atoms with Crippen LogP contribution in [0.3, 0.4) is 0 Å². The normalized spacial score (nSPS) is 10.4. The highest BCUT2D eigenvalue weighted by Crippen LogP contribution is 2.08. The smallest absolute Gasteiger partial charge is 0.319 e. The molecule has 0 aliphatic heterocycles. The van der Waals surface area contributed by atoms with Crippen LogP contribution in [0.25, 0.3) is 0 Å². The van der Waals surface area contributed by atoms with Crippen molar-refractivity contribution in [1.82, 2.24) is 10.2 Å². The Kier molecular flexibility index (Phi) is 6.22. The van der Waals surface area contributed by atoms with E-state index in [1.807, 2.05) is 31.2 Å². The Hall–Kier alpha value is -1.55.